The molecule has 2 aromatic heterocycles. The van der Waals surface area contributed by atoms with E-state index >= 15 is 0 Å². The highest BCUT2D eigenvalue weighted by atomic mass is 32.1. The van der Waals surface area contributed by atoms with Gasteiger partial charge < -0.3 is 5.11 Å². The molecule has 0 spiro atoms. The lowest BCUT2D eigenvalue weighted by Gasteiger charge is -2.07. The summed E-state index contributed by atoms with van der Waals surface area (Å²) in [7, 11) is 1.90. The molecule has 0 aliphatic rings. The summed E-state index contributed by atoms with van der Waals surface area (Å²) < 4.78 is 1.81. The van der Waals surface area contributed by atoms with Crippen molar-refractivity contribution in [1.82, 2.24) is 14.8 Å². The van der Waals surface area contributed by atoms with Gasteiger partial charge in [0.25, 0.3) is 0 Å². The first-order valence-corrected chi connectivity index (χ1v) is 5.98. The summed E-state index contributed by atoms with van der Waals surface area (Å²) in [6, 6.07) is 2.00. The van der Waals surface area contributed by atoms with Gasteiger partial charge in [-0.1, -0.05) is 0 Å². The van der Waals surface area contributed by atoms with Crippen LogP contribution in [0, 0.1) is 13.8 Å². The van der Waals surface area contributed by atoms with Crippen LogP contribution in [0.4, 0.5) is 0 Å². The summed E-state index contributed by atoms with van der Waals surface area (Å²) in [6.45, 7) is 3.89. The van der Waals surface area contributed by atoms with Gasteiger partial charge in [0.05, 0.1) is 21.7 Å². The molecule has 1 N–H and O–H groups in total. The molecule has 0 aromatic carbocycles. The maximum absolute atomic E-state index is 10.1. The molecule has 5 heteroatoms. The van der Waals surface area contributed by atoms with Crippen LogP contribution in [0.1, 0.15) is 27.4 Å². The van der Waals surface area contributed by atoms with Gasteiger partial charge in [0.1, 0.15) is 0 Å². The molecule has 4 nitrogen and oxygen atoms in total. The number of thiazole rings is 1. The molecule has 0 radical (unpaired) electrons. The van der Waals surface area contributed by atoms with Crippen molar-refractivity contribution in [2.75, 3.05) is 0 Å². The van der Waals surface area contributed by atoms with Crippen LogP contribution in [0.5, 0.6) is 0 Å². The number of aromatic nitrogens is 3. The molecule has 2 heterocycles. The number of aryl methyl sites for hydroxylation is 3. The normalized spacial score (nSPS) is 13.0. The molecule has 0 saturated heterocycles. The highest BCUT2D eigenvalue weighted by molar-refractivity contribution is 7.11. The van der Waals surface area contributed by atoms with E-state index < -0.39 is 6.10 Å². The summed E-state index contributed by atoms with van der Waals surface area (Å²) in [5.74, 6) is 0. The third-order valence-electron chi connectivity index (χ3n) is 2.47. The minimum absolute atomic E-state index is 0.485. The lowest BCUT2D eigenvalue weighted by molar-refractivity contribution is 0.179. The Morgan fingerprint density at radius 2 is 2.25 bits per heavy atom. The number of aliphatic hydroxyl groups excluding tert-OH is 1. The van der Waals surface area contributed by atoms with Crippen molar-refractivity contribution in [2.24, 2.45) is 7.05 Å². The molecule has 1 unspecified atom stereocenters. The van der Waals surface area contributed by atoms with Gasteiger partial charge in [-0.05, 0) is 19.9 Å². The van der Waals surface area contributed by atoms with Crippen LogP contribution < -0.4 is 0 Å². The molecule has 16 heavy (non-hydrogen) atoms. The summed E-state index contributed by atoms with van der Waals surface area (Å²) in [5.41, 5.74) is 2.02. The van der Waals surface area contributed by atoms with E-state index in [1.165, 1.54) is 11.3 Å². The summed E-state index contributed by atoms with van der Waals surface area (Å²) in [4.78, 5) is 5.06. The van der Waals surface area contributed by atoms with Gasteiger partial charge in [-0.2, -0.15) is 5.10 Å². The molecule has 2 rings (SSSR count). The number of rotatable bonds is 3. The Hall–Kier alpha value is -1.20. The first-order valence-electron chi connectivity index (χ1n) is 5.16. The third kappa shape index (κ3) is 2.31. The Balaban J connectivity index is 2.13. The van der Waals surface area contributed by atoms with Gasteiger partial charge >= 0.3 is 0 Å². The van der Waals surface area contributed by atoms with E-state index in [1.54, 1.807) is 6.20 Å². The Bertz CT molecular complexity index is 489. The maximum Gasteiger partial charge on any atom is 0.0953 e. The van der Waals surface area contributed by atoms with Crippen LogP contribution in [0.3, 0.4) is 0 Å². The number of hydrogen-bond donors (Lipinski definition) is 1. The predicted octanol–water partition coefficient (Wildman–Crippen LogP) is 1.77. The smallest absolute Gasteiger partial charge is 0.0953 e. The highest BCUT2D eigenvalue weighted by Gasteiger charge is 2.14. The second-order valence-corrected chi connectivity index (χ2v) is 5.17. The van der Waals surface area contributed by atoms with Gasteiger partial charge in [0.15, 0.2) is 0 Å². The van der Waals surface area contributed by atoms with Crippen molar-refractivity contribution in [3.05, 3.63) is 33.5 Å². The van der Waals surface area contributed by atoms with E-state index in [2.05, 4.69) is 10.1 Å². The van der Waals surface area contributed by atoms with Gasteiger partial charge in [-0.25, -0.2) is 4.98 Å². The van der Waals surface area contributed by atoms with Crippen molar-refractivity contribution in [3.63, 3.8) is 0 Å². The van der Waals surface area contributed by atoms with Crippen LogP contribution >= 0.6 is 11.3 Å². The van der Waals surface area contributed by atoms with Gasteiger partial charge in [-0.15, -0.1) is 11.3 Å². The zero-order chi connectivity index (χ0) is 11.7. The number of aliphatic hydroxyl groups is 1. The van der Waals surface area contributed by atoms with Crippen molar-refractivity contribution >= 4 is 11.3 Å². The Labute approximate surface area is 98.6 Å². The fourth-order valence-electron chi connectivity index (χ4n) is 1.69. The minimum Gasteiger partial charge on any atom is -0.387 e. The van der Waals surface area contributed by atoms with Crippen LogP contribution in [0.2, 0.25) is 0 Å². The topological polar surface area (TPSA) is 50.9 Å². The van der Waals surface area contributed by atoms with Gasteiger partial charge in [0, 0.05) is 25.4 Å². The van der Waals surface area contributed by atoms with Gasteiger partial charge in [-0.3, -0.25) is 4.68 Å². The summed E-state index contributed by atoms with van der Waals surface area (Å²) in [6.07, 6.45) is 1.84. The zero-order valence-electron chi connectivity index (χ0n) is 9.64. The second-order valence-electron chi connectivity index (χ2n) is 3.90. The molecule has 0 aliphatic carbocycles. The molecule has 0 amide bonds. The number of nitrogens with zero attached hydrogens (tertiary/aromatic N) is 3. The van der Waals surface area contributed by atoms with Crippen LogP contribution in [0.25, 0.3) is 0 Å². The van der Waals surface area contributed by atoms with E-state index in [9.17, 15) is 5.11 Å². The fourth-order valence-corrected chi connectivity index (χ4v) is 2.46. The predicted molar refractivity (Wildman–Crippen MR) is 63.5 cm³/mol. The third-order valence-corrected chi connectivity index (χ3v) is 3.48. The van der Waals surface area contributed by atoms with Crippen molar-refractivity contribution in [3.8, 4) is 0 Å². The Morgan fingerprint density at radius 1 is 1.50 bits per heavy atom. The molecule has 1 atom stereocenters. The lowest BCUT2D eigenvalue weighted by Crippen LogP contribution is -2.05. The van der Waals surface area contributed by atoms with E-state index in [0.29, 0.717) is 6.42 Å². The molecule has 86 valence electrons. The quantitative estimate of drug-likeness (QED) is 0.885. The zero-order valence-corrected chi connectivity index (χ0v) is 10.5. The van der Waals surface area contributed by atoms with Crippen LogP contribution in [-0.4, -0.2) is 19.9 Å². The molecule has 0 bridgehead atoms. The van der Waals surface area contributed by atoms with E-state index in [1.807, 2.05) is 31.6 Å². The van der Waals surface area contributed by atoms with Gasteiger partial charge in [0.2, 0.25) is 0 Å². The van der Waals surface area contributed by atoms with Crippen LogP contribution in [-0.2, 0) is 13.5 Å². The molecule has 2 aromatic rings. The minimum atomic E-state index is -0.485. The Kier molecular flexibility index (Phi) is 3.07. The number of hydrogen-bond acceptors (Lipinski definition) is 4. The standard InChI is InChI=1S/C11H15N3OS/c1-7-4-9(14(3)13-7)5-10(15)11-6-12-8(2)16-11/h4,6,10,15H,5H2,1-3H3. The molecular weight excluding hydrogens is 222 g/mol. The largest absolute Gasteiger partial charge is 0.387 e. The lowest BCUT2D eigenvalue weighted by atomic mass is 10.1. The van der Waals surface area contributed by atoms with Crippen molar-refractivity contribution in [2.45, 2.75) is 26.4 Å². The van der Waals surface area contributed by atoms with Crippen molar-refractivity contribution in [1.29, 1.82) is 0 Å². The van der Waals surface area contributed by atoms with E-state index in [-0.39, 0.29) is 0 Å². The SMILES string of the molecule is Cc1cc(CC(O)c2cnc(C)s2)n(C)n1. The first kappa shape index (κ1) is 11.3. The summed E-state index contributed by atoms with van der Waals surface area (Å²) in [5, 5.41) is 15.3. The second kappa shape index (κ2) is 4.35. The van der Waals surface area contributed by atoms with E-state index in [4.69, 9.17) is 0 Å². The van der Waals surface area contributed by atoms with Crippen molar-refractivity contribution < 1.29 is 5.11 Å². The molecular formula is C11H15N3OS. The highest BCUT2D eigenvalue weighted by Crippen LogP contribution is 2.23. The molecule has 0 fully saturated rings. The fraction of sp³-hybridized carbons (Fsp3) is 0.455. The van der Waals surface area contributed by atoms with Crippen LogP contribution in [0.15, 0.2) is 12.3 Å². The molecule has 0 saturated carbocycles. The average molecular weight is 237 g/mol. The van der Waals surface area contributed by atoms with E-state index in [0.717, 1.165) is 21.3 Å². The average Bonchev–Trinajstić information content (AvgIpc) is 2.74. The monoisotopic (exact) mass is 237 g/mol. The maximum atomic E-state index is 10.1. The Morgan fingerprint density at radius 3 is 2.75 bits per heavy atom. The molecule has 0 aliphatic heterocycles. The first-order chi connectivity index (χ1) is 7.56. The summed E-state index contributed by atoms with van der Waals surface area (Å²) >= 11 is 1.54.